The number of fused-ring (bicyclic) bond motifs is 1. The number of hydrogen-bond acceptors (Lipinski definition) is 5. The van der Waals surface area contributed by atoms with Gasteiger partial charge in [0.2, 0.25) is 5.91 Å². The van der Waals surface area contributed by atoms with Gasteiger partial charge in [0.25, 0.3) is 5.91 Å². The van der Waals surface area contributed by atoms with Crippen molar-refractivity contribution < 1.29 is 19.1 Å². The molecular formula is C33H41N5O4. The van der Waals surface area contributed by atoms with Gasteiger partial charge in [0.1, 0.15) is 11.6 Å². The lowest BCUT2D eigenvalue weighted by molar-refractivity contribution is -0.132. The molecule has 1 aliphatic rings. The van der Waals surface area contributed by atoms with Gasteiger partial charge in [0.05, 0.1) is 7.11 Å². The van der Waals surface area contributed by atoms with Gasteiger partial charge in [-0.05, 0) is 54.0 Å². The van der Waals surface area contributed by atoms with Crippen LogP contribution in [0.2, 0.25) is 0 Å². The minimum atomic E-state index is -0.958. The van der Waals surface area contributed by atoms with E-state index in [1.165, 1.54) is 12.0 Å². The van der Waals surface area contributed by atoms with E-state index in [0.29, 0.717) is 32.2 Å². The molecule has 3 amide bonds. The average molecular weight is 572 g/mol. The largest absolute Gasteiger partial charge is 0.453 e. The summed E-state index contributed by atoms with van der Waals surface area (Å²) in [6.45, 7) is 6.39. The van der Waals surface area contributed by atoms with Gasteiger partial charge in [0.15, 0.2) is 5.96 Å². The molecule has 3 aromatic rings. The Morgan fingerprint density at radius 2 is 1.67 bits per heavy atom. The Kier molecular flexibility index (Phi) is 9.83. The summed E-state index contributed by atoms with van der Waals surface area (Å²) in [4.78, 5) is 40.6. The normalized spacial score (nSPS) is 18.1. The van der Waals surface area contributed by atoms with Crippen LogP contribution in [0.4, 0.5) is 4.79 Å². The lowest BCUT2D eigenvalue weighted by Crippen LogP contribution is -2.50. The summed E-state index contributed by atoms with van der Waals surface area (Å²) in [7, 11) is 1.27. The SMILES string of the molecule is COC(=O)N[C@@H](Cc1cccc2ccccc12)C(=O)N[C@@H](C)CCCN1C(=N)N[C@](CC(C)C)(c2ccccc2)C1=O. The maximum Gasteiger partial charge on any atom is 0.407 e. The second kappa shape index (κ2) is 13.5. The lowest BCUT2D eigenvalue weighted by atomic mass is 9.82. The minimum absolute atomic E-state index is 0.0959. The molecule has 4 N–H and O–H groups in total. The van der Waals surface area contributed by atoms with E-state index in [1.54, 1.807) is 0 Å². The molecule has 222 valence electrons. The van der Waals surface area contributed by atoms with Gasteiger partial charge in [-0.15, -0.1) is 0 Å². The van der Waals surface area contributed by atoms with E-state index >= 15 is 0 Å². The molecule has 1 aliphatic heterocycles. The maximum absolute atomic E-state index is 13.7. The first-order valence-corrected chi connectivity index (χ1v) is 14.5. The van der Waals surface area contributed by atoms with Crippen molar-refractivity contribution in [3.63, 3.8) is 0 Å². The molecule has 1 saturated heterocycles. The number of carbonyl (C=O) groups excluding carboxylic acids is 3. The van der Waals surface area contributed by atoms with Crippen molar-refractivity contribution in [3.8, 4) is 0 Å². The van der Waals surface area contributed by atoms with E-state index in [9.17, 15) is 14.4 Å². The molecule has 3 aromatic carbocycles. The van der Waals surface area contributed by atoms with Crippen LogP contribution in [0.5, 0.6) is 0 Å². The van der Waals surface area contributed by atoms with Crippen LogP contribution >= 0.6 is 0 Å². The second-order valence-electron chi connectivity index (χ2n) is 11.4. The Hall–Kier alpha value is -4.40. The fourth-order valence-electron chi connectivity index (χ4n) is 5.73. The van der Waals surface area contributed by atoms with Crippen molar-refractivity contribution in [1.29, 1.82) is 5.41 Å². The zero-order chi connectivity index (χ0) is 30.3. The van der Waals surface area contributed by atoms with Crippen LogP contribution in [-0.4, -0.2) is 54.5 Å². The quantitative estimate of drug-likeness (QED) is 0.251. The molecule has 1 fully saturated rings. The number of nitrogens with one attached hydrogen (secondary N) is 4. The van der Waals surface area contributed by atoms with E-state index in [1.807, 2.05) is 79.7 Å². The molecular weight excluding hydrogens is 530 g/mol. The number of hydrogen-bond donors (Lipinski definition) is 4. The highest BCUT2D eigenvalue weighted by Crippen LogP contribution is 2.35. The first kappa shape index (κ1) is 30.6. The number of benzene rings is 3. The van der Waals surface area contributed by atoms with Gasteiger partial charge < -0.3 is 20.7 Å². The zero-order valence-corrected chi connectivity index (χ0v) is 24.8. The number of carbonyl (C=O) groups is 3. The molecule has 0 spiro atoms. The Morgan fingerprint density at radius 1 is 0.976 bits per heavy atom. The van der Waals surface area contributed by atoms with Crippen molar-refractivity contribution in [3.05, 3.63) is 83.9 Å². The summed E-state index contributed by atoms with van der Waals surface area (Å²) in [6.07, 6.45) is 1.38. The number of nitrogens with zero attached hydrogens (tertiary/aromatic N) is 1. The first-order valence-electron chi connectivity index (χ1n) is 14.5. The van der Waals surface area contributed by atoms with Crippen molar-refractivity contribution in [2.45, 2.75) is 64.1 Å². The highest BCUT2D eigenvalue weighted by molar-refractivity contribution is 6.08. The number of rotatable bonds is 12. The third-order valence-electron chi connectivity index (χ3n) is 7.70. The number of alkyl carbamates (subject to hydrolysis) is 1. The molecule has 3 atom stereocenters. The fourth-order valence-corrected chi connectivity index (χ4v) is 5.73. The van der Waals surface area contributed by atoms with Gasteiger partial charge in [-0.1, -0.05) is 86.6 Å². The predicted octanol–water partition coefficient (Wildman–Crippen LogP) is 4.70. The molecule has 0 unspecified atom stereocenters. The Labute approximate surface area is 247 Å². The van der Waals surface area contributed by atoms with E-state index in [-0.39, 0.29) is 29.7 Å². The Morgan fingerprint density at radius 3 is 2.38 bits per heavy atom. The molecule has 4 rings (SSSR count). The van der Waals surface area contributed by atoms with Crippen molar-refractivity contribution in [2.24, 2.45) is 5.92 Å². The summed E-state index contributed by atoms with van der Waals surface area (Å²) in [5.41, 5.74) is 0.840. The van der Waals surface area contributed by atoms with E-state index < -0.39 is 17.7 Å². The van der Waals surface area contributed by atoms with Crippen LogP contribution in [0.15, 0.2) is 72.8 Å². The predicted molar refractivity (Wildman–Crippen MR) is 164 cm³/mol. The van der Waals surface area contributed by atoms with Gasteiger partial charge in [-0.3, -0.25) is 19.9 Å². The van der Waals surface area contributed by atoms with Gasteiger partial charge in [-0.25, -0.2) is 4.79 Å². The van der Waals surface area contributed by atoms with Crippen LogP contribution in [0.25, 0.3) is 10.8 Å². The second-order valence-corrected chi connectivity index (χ2v) is 11.4. The van der Waals surface area contributed by atoms with Crippen LogP contribution in [0, 0.1) is 11.3 Å². The van der Waals surface area contributed by atoms with Crippen LogP contribution < -0.4 is 16.0 Å². The summed E-state index contributed by atoms with van der Waals surface area (Å²) in [6, 6.07) is 22.4. The van der Waals surface area contributed by atoms with Gasteiger partial charge in [-0.2, -0.15) is 0 Å². The molecule has 0 aliphatic carbocycles. The van der Waals surface area contributed by atoms with Crippen molar-refractivity contribution in [2.75, 3.05) is 13.7 Å². The smallest absolute Gasteiger partial charge is 0.407 e. The van der Waals surface area contributed by atoms with Crippen molar-refractivity contribution in [1.82, 2.24) is 20.9 Å². The van der Waals surface area contributed by atoms with Crippen LogP contribution in [0.1, 0.15) is 51.2 Å². The topological polar surface area (TPSA) is 124 Å². The third-order valence-corrected chi connectivity index (χ3v) is 7.70. The number of ether oxygens (including phenoxy) is 1. The first-order chi connectivity index (χ1) is 20.1. The number of guanidine groups is 1. The van der Waals surface area contributed by atoms with E-state index in [4.69, 9.17) is 10.1 Å². The number of amides is 3. The molecule has 0 bridgehead atoms. The molecule has 9 heteroatoms. The summed E-state index contributed by atoms with van der Waals surface area (Å²) in [5.74, 6) is -0.0993. The molecule has 0 radical (unpaired) electrons. The monoisotopic (exact) mass is 571 g/mol. The minimum Gasteiger partial charge on any atom is -0.453 e. The lowest BCUT2D eigenvalue weighted by Gasteiger charge is -2.29. The summed E-state index contributed by atoms with van der Waals surface area (Å²) in [5, 5.41) is 19.5. The molecule has 0 saturated carbocycles. The van der Waals surface area contributed by atoms with Crippen molar-refractivity contribution >= 4 is 34.6 Å². The Bertz CT molecular complexity index is 1420. The van der Waals surface area contributed by atoms with Crippen LogP contribution in [-0.2, 0) is 26.3 Å². The standard InChI is InChI=1S/C33H41N5O4/c1-22(2)21-33(26-16-6-5-7-17-26)30(40)38(31(34)37-33)19-11-12-23(3)35-29(39)28(36-32(41)42-4)20-25-15-10-14-24-13-8-9-18-27(24)25/h5-10,13-18,22-23,28H,11-12,19-21H2,1-4H3,(H2,34,37)(H,35,39)(H,36,41)/t23-,28-,33+/m0/s1. The molecule has 42 heavy (non-hydrogen) atoms. The van der Waals surface area contributed by atoms with Crippen LogP contribution in [0.3, 0.4) is 0 Å². The zero-order valence-electron chi connectivity index (χ0n) is 24.8. The molecule has 0 aromatic heterocycles. The van der Waals surface area contributed by atoms with Gasteiger partial charge in [0, 0.05) is 19.0 Å². The maximum atomic E-state index is 13.7. The highest BCUT2D eigenvalue weighted by Gasteiger charge is 2.50. The van der Waals surface area contributed by atoms with Gasteiger partial charge >= 0.3 is 6.09 Å². The Balaban J connectivity index is 1.38. The average Bonchev–Trinajstić information content (AvgIpc) is 3.21. The number of methoxy groups -OCH3 is 1. The van der Waals surface area contributed by atoms with E-state index in [0.717, 1.165) is 21.9 Å². The molecule has 1 heterocycles. The summed E-state index contributed by atoms with van der Waals surface area (Å²) < 4.78 is 4.78. The summed E-state index contributed by atoms with van der Waals surface area (Å²) >= 11 is 0. The van der Waals surface area contributed by atoms with E-state index in [2.05, 4.69) is 29.8 Å². The fraction of sp³-hybridized carbons (Fsp3) is 0.394. The highest BCUT2D eigenvalue weighted by atomic mass is 16.5. The molecule has 9 nitrogen and oxygen atoms in total. The third kappa shape index (κ3) is 6.90.